The Labute approximate surface area is 456 Å². The van der Waals surface area contributed by atoms with Crippen LogP contribution in [0, 0.1) is 35.5 Å². The van der Waals surface area contributed by atoms with E-state index in [1.807, 2.05) is 30.3 Å². The van der Waals surface area contributed by atoms with E-state index in [0.29, 0.717) is 55.8 Å². The number of rotatable bonds is 19. The number of carbonyl (C=O) groups excluding carboxylic acids is 4. The van der Waals surface area contributed by atoms with Gasteiger partial charge in [0, 0.05) is 0 Å². The number of carbonyl (C=O) groups is 4. The quantitative estimate of drug-likeness (QED) is 0.0488. The first-order chi connectivity index (χ1) is 36.1. The van der Waals surface area contributed by atoms with Gasteiger partial charge < -0.3 is 62.3 Å². The molecule has 12 N–H and O–H groups in total. The van der Waals surface area contributed by atoms with Crippen molar-refractivity contribution in [3.05, 3.63) is 35.9 Å². The van der Waals surface area contributed by atoms with E-state index in [4.69, 9.17) is 37.1 Å². The molecule has 0 radical (unpaired) electrons. The summed E-state index contributed by atoms with van der Waals surface area (Å²) in [6.45, 7) is 1.69. The van der Waals surface area contributed by atoms with E-state index in [9.17, 15) is 39.6 Å². The fourth-order valence-electron chi connectivity index (χ4n) is 13.4. The Bertz CT molecular complexity index is 1870. The van der Waals surface area contributed by atoms with Gasteiger partial charge in [-0.3, -0.25) is 19.2 Å². The van der Waals surface area contributed by atoms with Gasteiger partial charge in [-0.15, -0.1) is 0 Å². The molecule has 16 heteroatoms. The minimum Gasteiger partial charge on any atom is -0.468 e. The molecule has 436 valence electrons. The molecular formula is C60H104N4O12. The monoisotopic (exact) mass is 1070 g/mol. The van der Waals surface area contributed by atoms with Gasteiger partial charge in [0.2, 0.25) is 0 Å². The van der Waals surface area contributed by atoms with Gasteiger partial charge in [0.15, 0.2) is 0 Å². The van der Waals surface area contributed by atoms with Crippen molar-refractivity contribution in [1.29, 1.82) is 0 Å². The standard InChI is InChI=1S/C18H33NO3.C18H27NO3.C13H23NO3.C11H21NO3/c2*1-22-17(21)18(19,11-10-14-6-3-2-4-7-14)13-15-8-5-9-16(20)12-15;1-17-12(16)13(14,10-5-6-10)8-9-3-2-4-11(15)7-9;1-11(12,10(14)15-2)7-8-4-3-5-9(13)6-8/h14-16,20H,2-13,19H2,1H3;2-4,6-7,15-16,20H,5,8-13,19H2,1H3;9-11,15H,2-8,14H2,1H3;8-9,13H,3-7,12H2,1-2H3. The predicted molar refractivity (Wildman–Crippen MR) is 295 cm³/mol. The number of nitrogens with two attached hydrogens (primary N) is 4. The second-order valence-corrected chi connectivity index (χ2v) is 24.6. The van der Waals surface area contributed by atoms with Crippen LogP contribution in [0.25, 0.3) is 0 Å². The van der Waals surface area contributed by atoms with Crippen molar-refractivity contribution in [2.24, 2.45) is 58.4 Å². The third-order valence-electron chi connectivity index (χ3n) is 17.8. The van der Waals surface area contributed by atoms with Gasteiger partial charge in [-0.25, -0.2) is 0 Å². The Morgan fingerprint density at radius 1 is 0.461 bits per heavy atom. The van der Waals surface area contributed by atoms with Crippen LogP contribution in [0.5, 0.6) is 0 Å². The molecule has 6 aliphatic rings. The molecule has 76 heavy (non-hydrogen) atoms. The van der Waals surface area contributed by atoms with E-state index in [0.717, 1.165) is 141 Å². The molecule has 6 aliphatic carbocycles. The number of aryl methyl sites for hydroxylation is 1. The van der Waals surface area contributed by atoms with Crippen LogP contribution in [-0.4, -0.2) is 119 Å². The summed E-state index contributed by atoms with van der Waals surface area (Å²) in [6.07, 6.45) is 28.1. The van der Waals surface area contributed by atoms with Gasteiger partial charge in [0.05, 0.1) is 52.9 Å². The van der Waals surface area contributed by atoms with Gasteiger partial charge in [-0.2, -0.15) is 0 Å². The molecule has 1 aromatic carbocycles. The fourth-order valence-corrected chi connectivity index (χ4v) is 13.4. The van der Waals surface area contributed by atoms with Crippen molar-refractivity contribution in [3.63, 3.8) is 0 Å². The number of aliphatic hydroxyl groups is 4. The topological polar surface area (TPSA) is 290 Å². The highest BCUT2D eigenvalue weighted by Crippen LogP contribution is 2.44. The minimum absolute atomic E-state index is 0.213. The lowest BCUT2D eigenvalue weighted by molar-refractivity contribution is -0.149. The number of ether oxygens (including phenoxy) is 4. The van der Waals surface area contributed by atoms with E-state index in [-0.39, 0.29) is 54.2 Å². The molecule has 1 aromatic rings. The molecule has 12 unspecified atom stereocenters. The molecule has 0 saturated heterocycles. The molecule has 6 fully saturated rings. The molecular weight excluding hydrogens is 969 g/mol. The summed E-state index contributed by atoms with van der Waals surface area (Å²) < 4.78 is 19.5. The van der Waals surface area contributed by atoms with Crippen LogP contribution in [0.1, 0.15) is 205 Å². The molecule has 0 aromatic heterocycles. The van der Waals surface area contributed by atoms with Crippen molar-refractivity contribution >= 4 is 23.9 Å². The molecule has 12 atom stereocenters. The summed E-state index contributed by atoms with van der Waals surface area (Å²) in [5.41, 5.74) is 22.7. The lowest BCUT2D eigenvalue weighted by Gasteiger charge is -2.35. The third kappa shape index (κ3) is 21.8. The van der Waals surface area contributed by atoms with Crippen LogP contribution >= 0.6 is 0 Å². The summed E-state index contributed by atoms with van der Waals surface area (Å²) in [6, 6.07) is 10.0. The van der Waals surface area contributed by atoms with Crippen molar-refractivity contribution < 1.29 is 58.6 Å². The second-order valence-electron chi connectivity index (χ2n) is 24.6. The normalized spacial score (nSPS) is 29.1. The summed E-state index contributed by atoms with van der Waals surface area (Å²) >= 11 is 0. The minimum atomic E-state index is -0.966. The number of aliphatic hydroxyl groups excluding tert-OH is 4. The molecule has 0 aliphatic heterocycles. The largest absolute Gasteiger partial charge is 0.468 e. The molecule has 0 heterocycles. The molecule has 6 saturated carbocycles. The van der Waals surface area contributed by atoms with E-state index in [1.54, 1.807) is 6.92 Å². The van der Waals surface area contributed by atoms with Gasteiger partial charge in [-0.05, 0) is 164 Å². The highest BCUT2D eigenvalue weighted by Gasteiger charge is 2.50. The zero-order valence-corrected chi connectivity index (χ0v) is 47.4. The second kappa shape index (κ2) is 32.1. The Morgan fingerprint density at radius 3 is 1.24 bits per heavy atom. The number of benzene rings is 1. The van der Waals surface area contributed by atoms with E-state index < -0.39 is 22.2 Å². The Balaban J connectivity index is 0.000000222. The van der Waals surface area contributed by atoms with Crippen LogP contribution in [0.15, 0.2) is 30.3 Å². The Morgan fingerprint density at radius 2 is 0.842 bits per heavy atom. The molecule has 0 spiro atoms. The van der Waals surface area contributed by atoms with Crippen LogP contribution < -0.4 is 22.9 Å². The van der Waals surface area contributed by atoms with Gasteiger partial charge in [0.1, 0.15) is 22.2 Å². The Hall–Kier alpha value is -3.22. The predicted octanol–water partition coefficient (Wildman–Crippen LogP) is 7.62. The fraction of sp³-hybridized carbons (Fsp3) is 0.833. The van der Waals surface area contributed by atoms with E-state index in [2.05, 4.69) is 4.74 Å². The first-order valence-electron chi connectivity index (χ1n) is 29.3. The molecule has 0 bridgehead atoms. The lowest BCUT2D eigenvalue weighted by atomic mass is 9.75. The van der Waals surface area contributed by atoms with Crippen LogP contribution in [0.4, 0.5) is 0 Å². The smallest absolute Gasteiger partial charge is 0.326 e. The van der Waals surface area contributed by atoms with E-state index >= 15 is 0 Å². The maximum Gasteiger partial charge on any atom is 0.326 e. The van der Waals surface area contributed by atoms with Crippen LogP contribution in [0.2, 0.25) is 0 Å². The summed E-state index contributed by atoms with van der Waals surface area (Å²) in [5.74, 6) is 1.08. The molecule has 16 nitrogen and oxygen atoms in total. The van der Waals surface area contributed by atoms with Crippen molar-refractivity contribution in [1.82, 2.24) is 0 Å². The molecule has 7 rings (SSSR count). The van der Waals surface area contributed by atoms with Crippen LogP contribution in [-0.2, 0) is 44.5 Å². The number of hydrogen-bond donors (Lipinski definition) is 8. The number of hydrogen-bond acceptors (Lipinski definition) is 16. The first kappa shape index (κ1) is 65.3. The van der Waals surface area contributed by atoms with Crippen molar-refractivity contribution in [2.45, 2.75) is 253 Å². The third-order valence-corrected chi connectivity index (χ3v) is 17.8. The highest BCUT2D eigenvalue weighted by molar-refractivity contribution is 5.82. The molecule has 0 amide bonds. The Kier molecular flexibility index (Phi) is 27.6. The average Bonchev–Trinajstić information content (AvgIpc) is 4.27. The SMILES string of the molecule is COC(=O)C(C)(N)CC1CCCC(O)C1.COC(=O)C(N)(CC1CCCC(O)C1)C1CC1.COC(=O)C(N)(CCC1CCCCC1)CC1CCCC(O)C1.COC(=O)C(N)(CCc1ccccc1)CC1CCCC(O)C1. The van der Waals surface area contributed by atoms with Crippen molar-refractivity contribution in [2.75, 3.05) is 28.4 Å². The van der Waals surface area contributed by atoms with Gasteiger partial charge >= 0.3 is 23.9 Å². The van der Waals surface area contributed by atoms with Gasteiger partial charge in [-0.1, -0.05) is 114 Å². The summed E-state index contributed by atoms with van der Waals surface area (Å²) in [5, 5.41) is 38.9. The zero-order valence-electron chi connectivity index (χ0n) is 47.4. The van der Waals surface area contributed by atoms with E-state index in [1.165, 1.54) is 66.1 Å². The number of esters is 4. The summed E-state index contributed by atoms with van der Waals surface area (Å²) in [7, 11) is 5.58. The van der Waals surface area contributed by atoms with Crippen LogP contribution in [0.3, 0.4) is 0 Å². The first-order valence-corrected chi connectivity index (χ1v) is 29.3. The summed E-state index contributed by atoms with van der Waals surface area (Å²) in [4.78, 5) is 47.7. The maximum absolute atomic E-state index is 12.3. The maximum atomic E-state index is 12.3. The average molecular weight is 1070 g/mol. The lowest BCUT2D eigenvalue weighted by Crippen LogP contribution is -2.52. The zero-order chi connectivity index (χ0) is 55.9. The van der Waals surface area contributed by atoms with Crippen molar-refractivity contribution in [3.8, 4) is 0 Å². The van der Waals surface area contributed by atoms with Gasteiger partial charge in [0.25, 0.3) is 0 Å². The highest BCUT2D eigenvalue weighted by atomic mass is 16.5. The number of methoxy groups -OCH3 is 4.